The van der Waals surface area contributed by atoms with E-state index in [1.807, 2.05) is 48.5 Å². The Kier molecular flexibility index (Phi) is 4.00. The average molecular weight is 253 g/mol. The van der Waals surface area contributed by atoms with Crippen LogP contribution in [0, 0.1) is 6.92 Å². The van der Waals surface area contributed by atoms with Gasteiger partial charge < -0.3 is 5.32 Å². The fraction of sp³-hybridized carbons (Fsp3) is 0.235. The summed E-state index contributed by atoms with van der Waals surface area (Å²) in [4.78, 5) is 12.2. The van der Waals surface area contributed by atoms with Crippen LogP contribution in [0.2, 0.25) is 0 Å². The highest BCUT2D eigenvalue weighted by atomic mass is 16.1. The molecule has 0 radical (unpaired) electrons. The Labute approximate surface area is 114 Å². The SMILES string of the molecule is Cc1ccc(C(=O)Nc2ccccc2)cc1C(C)C. The van der Waals surface area contributed by atoms with Gasteiger partial charge in [-0.1, -0.05) is 38.1 Å². The number of amides is 1. The molecule has 1 N–H and O–H groups in total. The largest absolute Gasteiger partial charge is 0.322 e. The highest BCUT2D eigenvalue weighted by molar-refractivity contribution is 6.04. The fourth-order valence-electron chi connectivity index (χ4n) is 2.13. The van der Waals surface area contributed by atoms with Crippen molar-refractivity contribution in [3.8, 4) is 0 Å². The van der Waals surface area contributed by atoms with Crippen LogP contribution in [0.5, 0.6) is 0 Å². The van der Waals surface area contributed by atoms with E-state index in [4.69, 9.17) is 0 Å². The van der Waals surface area contributed by atoms with Gasteiger partial charge in [-0.05, 0) is 48.2 Å². The van der Waals surface area contributed by atoms with Gasteiger partial charge in [0, 0.05) is 11.3 Å². The lowest BCUT2D eigenvalue weighted by molar-refractivity contribution is 0.102. The van der Waals surface area contributed by atoms with Gasteiger partial charge in [-0.15, -0.1) is 0 Å². The van der Waals surface area contributed by atoms with Crippen LogP contribution < -0.4 is 5.32 Å². The minimum absolute atomic E-state index is 0.0619. The van der Waals surface area contributed by atoms with E-state index in [1.54, 1.807) is 0 Å². The second-order valence-corrected chi connectivity index (χ2v) is 5.05. The lowest BCUT2D eigenvalue weighted by atomic mass is 9.95. The van der Waals surface area contributed by atoms with Crippen LogP contribution in [0.4, 0.5) is 5.69 Å². The molecule has 2 nitrogen and oxygen atoms in total. The summed E-state index contributed by atoms with van der Waals surface area (Å²) in [5.41, 5.74) is 3.98. The van der Waals surface area contributed by atoms with Gasteiger partial charge in [0.25, 0.3) is 5.91 Å². The smallest absolute Gasteiger partial charge is 0.255 e. The Morgan fingerprint density at radius 2 is 1.74 bits per heavy atom. The van der Waals surface area contributed by atoms with Gasteiger partial charge in [-0.3, -0.25) is 4.79 Å². The third-order valence-corrected chi connectivity index (χ3v) is 3.20. The van der Waals surface area contributed by atoms with Crippen molar-refractivity contribution in [2.75, 3.05) is 5.32 Å². The van der Waals surface area contributed by atoms with E-state index < -0.39 is 0 Å². The van der Waals surface area contributed by atoms with Gasteiger partial charge in [-0.2, -0.15) is 0 Å². The molecule has 0 saturated heterocycles. The highest BCUT2D eigenvalue weighted by Gasteiger charge is 2.10. The summed E-state index contributed by atoms with van der Waals surface area (Å²) in [5, 5.41) is 2.90. The molecule has 0 atom stereocenters. The Bertz CT molecular complexity index is 573. The predicted molar refractivity (Wildman–Crippen MR) is 79.7 cm³/mol. The number of para-hydroxylation sites is 1. The van der Waals surface area contributed by atoms with Crippen molar-refractivity contribution in [3.63, 3.8) is 0 Å². The van der Waals surface area contributed by atoms with E-state index in [0.717, 1.165) is 5.69 Å². The maximum Gasteiger partial charge on any atom is 0.255 e. The molecule has 0 aliphatic heterocycles. The van der Waals surface area contributed by atoms with Crippen LogP contribution in [0.1, 0.15) is 41.3 Å². The molecule has 2 aromatic carbocycles. The normalized spacial score (nSPS) is 10.5. The number of hydrogen-bond acceptors (Lipinski definition) is 1. The summed E-state index contributed by atoms with van der Waals surface area (Å²) in [6.07, 6.45) is 0. The Balaban J connectivity index is 2.22. The third-order valence-electron chi connectivity index (χ3n) is 3.20. The van der Waals surface area contributed by atoms with Crippen LogP contribution in [0.15, 0.2) is 48.5 Å². The van der Waals surface area contributed by atoms with Crippen molar-refractivity contribution >= 4 is 11.6 Å². The number of anilines is 1. The molecule has 0 fully saturated rings. The molecule has 1 amide bonds. The van der Waals surface area contributed by atoms with Crippen molar-refractivity contribution in [2.24, 2.45) is 0 Å². The van der Waals surface area contributed by atoms with Crippen molar-refractivity contribution in [1.82, 2.24) is 0 Å². The predicted octanol–water partition coefficient (Wildman–Crippen LogP) is 4.37. The highest BCUT2D eigenvalue weighted by Crippen LogP contribution is 2.21. The van der Waals surface area contributed by atoms with E-state index in [-0.39, 0.29) is 5.91 Å². The first-order valence-corrected chi connectivity index (χ1v) is 6.55. The Hall–Kier alpha value is -2.09. The molecule has 19 heavy (non-hydrogen) atoms. The molecule has 0 unspecified atom stereocenters. The number of benzene rings is 2. The maximum absolute atomic E-state index is 12.2. The summed E-state index contributed by atoms with van der Waals surface area (Å²) in [7, 11) is 0. The van der Waals surface area contributed by atoms with Crippen LogP contribution >= 0.6 is 0 Å². The van der Waals surface area contributed by atoms with Gasteiger partial charge in [0.1, 0.15) is 0 Å². The zero-order chi connectivity index (χ0) is 13.8. The van der Waals surface area contributed by atoms with Crippen LogP contribution in [0.3, 0.4) is 0 Å². The maximum atomic E-state index is 12.2. The Morgan fingerprint density at radius 3 is 2.37 bits per heavy atom. The summed E-state index contributed by atoms with van der Waals surface area (Å²) < 4.78 is 0. The summed E-state index contributed by atoms with van der Waals surface area (Å²) in [6.45, 7) is 6.36. The molecular weight excluding hydrogens is 234 g/mol. The fourth-order valence-corrected chi connectivity index (χ4v) is 2.13. The van der Waals surface area contributed by atoms with Gasteiger partial charge in [0.05, 0.1) is 0 Å². The van der Waals surface area contributed by atoms with Crippen molar-refractivity contribution in [1.29, 1.82) is 0 Å². The molecule has 0 bridgehead atoms. The van der Waals surface area contributed by atoms with E-state index in [2.05, 4.69) is 26.1 Å². The number of hydrogen-bond donors (Lipinski definition) is 1. The van der Waals surface area contributed by atoms with Gasteiger partial charge >= 0.3 is 0 Å². The second-order valence-electron chi connectivity index (χ2n) is 5.05. The zero-order valence-corrected chi connectivity index (χ0v) is 11.6. The van der Waals surface area contributed by atoms with Crippen LogP contribution in [-0.4, -0.2) is 5.91 Å². The molecule has 2 rings (SSSR count). The molecule has 0 aliphatic carbocycles. The van der Waals surface area contributed by atoms with Crippen molar-refractivity contribution < 1.29 is 4.79 Å². The van der Waals surface area contributed by atoms with Crippen molar-refractivity contribution in [3.05, 3.63) is 65.2 Å². The standard InChI is InChI=1S/C17H19NO/c1-12(2)16-11-14(10-9-13(16)3)17(19)18-15-7-5-4-6-8-15/h4-12H,1-3H3,(H,18,19). The topological polar surface area (TPSA) is 29.1 Å². The van der Waals surface area contributed by atoms with Gasteiger partial charge in [0.15, 0.2) is 0 Å². The minimum atomic E-state index is -0.0619. The first kappa shape index (κ1) is 13.3. The molecule has 0 aromatic heterocycles. The third kappa shape index (κ3) is 3.22. The molecule has 0 aliphatic rings. The lowest BCUT2D eigenvalue weighted by Crippen LogP contribution is -2.12. The average Bonchev–Trinajstić information content (AvgIpc) is 2.40. The lowest BCUT2D eigenvalue weighted by Gasteiger charge is -2.12. The van der Waals surface area contributed by atoms with Gasteiger partial charge in [0.2, 0.25) is 0 Å². The van der Waals surface area contributed by atoms with E-state index in [1.165, 1.54) is 11.1 Å². The number of aryl methyl sites for hydroxylation is 1. The number of rotatable bonds is 3. The van der Waals surface area contributed by atoms with Crippen LogP contribution in [0.25, 0.3) is 0 Å². The molecule has 0 spiro atoms. The molecule has 2 aromatic rings. The van der Waals surface area contributed by atoms with E-state index in [9.17, 15) is 4.79 Å². The molecule has 2 heteroatoms. The molecular formula is C17H19NO. The number of nitrogens with one attached hydrogen (secondary N) is 1. The summed E-state index contributed by atoms with van der Waals surface area (Å²) >= 11 is 0. The minimum Gasteiger partial charge on any atom is -0.322 e. The van der Waals surface area contributed by atoms with Crippen LogP contribution in [-0.2, 0) is 0 Å². The molecule has 0 heterocycles. The number of carbonyl (C=O) groups is 1. The first-order chi connectivity index (χ1) is 9.08. The monoisotopic (exact) mass is 253 g/mol. The zero-order valence-electron chi connectivity index (χ0n) is 11.6. The summed E-state index contributed by atoms with van der Waals surface area (Å²) in [6, 6.07) is 15.4. The first-order valence-electron chi connectivity index (χ1n) is 6.55. The van der Waals surface area contributed by atoms with Crippen molar-refractivity contribution in [2.45, 2.75) is 26.7 Å². The number of carbonyl (C=O) groups excluding carboxylic acids is 1. The van der Waals surface area contributed by atoms with E-state index >= 15 is 0 Å². The van der Waals surface area contributed by atoms with E-state index in [0.29, 0.717) is 11.5 Å². The summed E-state index contributed by atoms with van der Waals surface area (Å²) in [5.74, 6) is 0.359. The van der Waals surface area contributed by atoms with Gasteiger partial charge in [-0.25, -0.2) is 0 Å². The quantitative estimate of drug-likeness (QED) is 0.864. The second kappa shape index (κ2) is 5.70. The Morgan fingerprint density at radius 1 is 1.05 bits per heavy atom. The molecule has 98 valence electrons. The molecule has 0 saturated carbocycles.